The van der Waals surface area contributed by atoms with Gasteiger partial charge in [-0.15, -0.1) is 11.3 Å². The van der Waals surface area contributed by atoms with E-state index in [2.05, 4.69) is 25.6 Å². The van der Waals surface area contributed by atoms with Crippen molar-refractivity contribution in [3.05, 3.63) is 23.9 Å². The van der Waals surface area contributed by atoms with Crippen molar-refractivity contribution < 1.29 is 28.1 Å². The fourth-order valence-electron chi connectivity index (χ4n) is 3.98. The van der Waals surface area contributed by atoms with Gasteiger partial charge in [0.1, 0.15) is 28.6 Å². The van der Waals surface area contributed by atoms with Gasteiger partial charge in [0.05, 0.1) is 35.2 Å². The molecule has 4 rings (SSSR count). The summed E-state index contributed by atoms with van der Waals surface area (Å²) < 4.78 is 44.4. The molecule has 0 spiro atoms. The molecule has 0 amide bonds. The van der Waals surface area contributed by atoms with E-state index in [1.165, 1.54) is 11.3 Å². The molecule has 33 heavy (non-hydrogen) atoms. The number of halogens is 3. The Morgan fingerprint density at radius 2 is 2.00 bits per heavy atom. The topological polar surface area (TPSA) is 112 Å². The SMILES string of the molecule is COc1cccc2sc(-c3c(C)nc(NCC(F)(F)F)nc3N[C@@H]3C[C@H](CO)C[C@H]3O)nc12. The summed E-state index contributed by atoms with van der Waals surface area (Å²) in [4.78, 5) is 13.2. The number of alkyl halides is 3. The van der Waals surface area contributed by atoms with E-state index < -0.39 is 24.9 Å². The molecule has 1 saturated carbocycles. The van der Waals surface area contributed by atoms with Crippen molar-refractivity contribution >= 4 is 33.3 Å². The van der Waals surface area contributed by atoms with Gasteiger partial charge in [-0.3, -0.25) is 0 Å². The molecule has 3 atom stereocenters. The molecule has 0 unspecified atom stereocenters. The van der Waals surface area contributed by atoms with Crippen LogP contribution in [0.5, 0.6) is 5.75 Å². The largest absolute Gasteiger partial charge is 0.494 e. The number of rotatable bonds is 7. The molecule has 178 valence electrons. The molecular weight excluding hydrogens is 459 g/mol. The van der Waals surface area contributed by atoms with Gasteiger partial charge in [0, 0.05) is 6.61 Å². The summed E-state index contributed by atoms with van der Waals surface area (Å²) >= 11 is 1.38. The maximum absolute atomic E-state index is 12.7. The lowest BCUT2D eigenvalue weighted by Crippen LogP contribution is -2.29. The predicted octanol–water partition coefficient (Wildman–Crippen LogP) is 3.59. The summed E-state index contributed by atoms with van der Waals surface area (Å²) in [7, 11) is 1.55. The molecule has 4 N–H and O–H groups in total. The van der Waals surface area contributed by atoms with E-state index in [1.807, 2.05) is 12.1 Å². The van der Waals surface area contributed by atoms with Crippen LogP contribution in [0.25, 0.3) is 20.8 Å². The predicted molar refractivity (Wildman–Crippen MR) is 120 cm³/mol. The average Bonchev–Trinajstić information content (AvgIpc) is 3.34. The molecule has 8 nitrogen and oxygen atoms in total. The molecule has 0 aliphatic heterocycles. The Morgan fingerprint density at radius 3 is 2.67 bits per heavy atom. The number of aromatic nitrogens is 3. The van der Waals surface area contributed by atoms with Crippen molar-refractivity contribution in [1.82, 2.24) is 15.0 Å². The van der Waals surface area contributed by atoms with Crippen LogP contribution in [0, 0.1) is 12.8 Å². The number of para-hydroxylation sites is 1. The van der Waals surface area contributed by atoms with Crippen LogP contribution in [0.2, 0.25) is 0 Å². The normalized spacial score (nSPS) is 20.9. The van der Waals surface area contributed by atoms with E-state index in [4.69, 9.17) is 4.74 Å². The molecule has 2 aromatic heterocycles. The maximum Gasteiger partial charge on any atom is 0.405 e. The molecular formula is C21H24F3N5O3S. The highest BCUT2D eigenvalue weighted by molar-refractivity contribution is 7.21. The number of nitrogens with zero attached hydrogens (tertiary/aromatic N) is 3. The summed E-state index contributed by atoms with van der Waals surface area (Å²) in [6.45, 7) is 0.342. The molecule has 2 heterocycles. The summed E-state index contributed by atoms with van der Waals surface area (Å²) in [5.74, 6) is 0.621. The molecule has 1 aliphatic rings. The van der Waals surface area contributed by atoms with Crippen molar-refractivity contribution in [2.24, 2.45) is 5.92 Å². The zero-order valence-electron chi connectivity index (χ0n) is 18.0. The summed E-state index contributed by atoms with van der Waals surface area (Å²) in [6, 6.07) is 5.12. The van der Waals surface area contributed by atoms with E-state index in [9.17, 15) is 23.4 Å². The fourth-order valence-corrected chi connectivity index (χ4v) is 5.07. The van der Waals surface area contributed by atoms with Crippen LogP contribution in [0.15, 0.2) is 18.2 Å². The molecule has 1 aromatic carbocycles. The Balaban J connectivity index is 1.76. The average molecular weight is 484 g/mol. The first-order chi connectivity index (χ1) is 15.7. The Labute approximate surface area is 191 Å². The van der Waals surface area contributed by atoms with Crippen LogP contribution in [-0.2, 0) is 0 Å². The minimum Gasteiger partial charge on any atom is -0.494 e. The lowest BCUT2D eigenvalue weighted by molar-refractivity contribution is -0.115. The van der Waals surface area contributed by atoms with Crippen LogP contribution < -0.4 is 15.4 Å². The van der Waals surface area contributed by atoms with Crippen molar-refractivity contribution in [3.8, 4) is 16.3 Å². The molecule has 0 radical (unpaired) electrons. The summed E-state index contributed by atoms with van der Waals surface area (Å²) in [6.07, 6.45) is -4.24. The van der Waals surface area contributed by atoms with Gasteiger partial charge in [-0.25, -0.2) is 9.97 Å². The van der Waals surface area contributed by atoms with Gasteiger partial charge >= 0.3 is 6.18 Å². The van der Waals surface area contributed by atoms with Gasteiger partial charge in [-0.1, -0.05) is 6.07 Å². The van der Waals surface area contributed by atoms with Crippen molar-refractivity contribution in [2.75, 3.05) is 30.9 Å². The number of benzene rings is 1. The van der Waals surface area contributed by atoms with Crippen molar-refractivity contribution in [3.63, 3.8) is 0 Å². The number of thiazole rings is 1. The zero-order valence-corrected chi connectivity index (χ0v) is 18.8. The van der Waals surface area contributed by atoms with E-state index >= 15 is 0 Å². The van der Waals surface area contributed by atoms with Gasteiger partial charge in [0.25, 0.3) is 0 Å². The lowest BCUT2D eigenvalue weighted by atomic mass is 10.1. The minimum absolute atomic E-state index is 0.0546. The number of ether oxygens (including phenoxy) is 1. The van der Waals surface area contributed by atoms with Gasteiger partial charge in [-0.05, 0) is 37.8 Å². The molecule has 1 aliphatic carbocycles. The second kappa shape index (κ2) is 9.27. The maximum atomic E-state index is 12.7. The van der Waals surface area contributed by atoms with Crippen LogP contribution in [0.1, 0.15) is 18.5 Å². The first-order valence-corrected chi connectivity index (χ1v) is 11.2. The quantitative estimate of drug-likeness (QED) is 0.403. The summed E-state index contributed by atoms with van der Waals surface area (Å²) in [5, 5.41) is 25.9. The lowest BCUT2D eigenvalue weighted by Gasteiger charge is -2.20. The number of anilines is 2. The van der Waals surface area contributed by atoms with E-state index in [1.54, 1.807) is 20.1 Å². The third-order valence-electron chi connectivity index (χ3n) is 5.56. The first kappa shape index (κ1) is 23.5. The van der Waals surface area contributed by atoms with Crippen molar-refractivity contribution in [2.45, 2.75) is 38.1 Å². The standard InChI is InChI=1S/C21H24F3N5O3S/c1-10-16(19-28-17-14(32-2)4-3-5-15(17)33-19)18(27-12-6-11(8-30)7-13(12)31)29-20(26-10)25-9-21(22,23)24/h3-5,11-13,30-31H,6-9H2,1-2H3,(H2,25,26,27,29)/t11-,12+,13+/m0/s1. The Morgan fingerprint density at radius 1 is 1.21 bits per heavy atom. The van der Waals surface area contributed by atoms with Crippen LogP contribution >= 0.6 is 11.3 Å². The van der Waals surface area contributed by atoms with Crippen LogP contribution in [0.4, 0.5) is 24.9 Å². The number of nitrogens with one attached hydrogen (secondary N) is 2. The van der Waals surface area contributed by atoms with E-state index in [-0.39, 0.29) is 24.3 Å². The second-order valence-electron chi connectivity index (χ2n) is 7.99. The van der Waals surface area contributed by atoms with E-state index in [0.29, 0.717) is 40.4 Å². The number of hydrogen-bond acceptors (Lipinski definition) is 9. The van der Waals surface area contributed by atoms with Crippen molar-refractivity contribution in [1.29, 1.82) is 0 Å². The van der Waals surface area contributed by atoms with Crippen LogP contribution in [0.3, 0.4) is 0 Å². The molecule has 1 fully saturated rings. The second-order valence-corrected chi connectivity index (χ2v) is 9.02. The Bertz CT molecular complexity index is 1140. The number of aliphatic hydroxyl groups excluding tert-OH is 2. The molecule has 12 heteroatoms. The number of aliphatic hydroxyl groups is 2. The third kappa shape index (κ3) is 5.12. The van der Waals surface area contributed by atoms with Gasteiger partial charge in [-0.2, -0.15) is 18.2 Å². The number of methoxy groups -OCH3 is 1. The minimum atomic E-state index is -4.43. The molecule has 0 bridgehead atoms. The van der Waals surface area contributed by atoms with Crippen LogP contribution in [-0.4, -0.2) is 63.7 Å². The fraction of sp³-hybridized carbons (Fsp3) is 0.476. The molecule has 0 saturated heterocycles. The Hall–Kier alpha value is -2.70. The van der Waals surface area contributed by atoms with Gasteiger partial charge < -0.3 is 25.6 Å². The highest BCUT2D eigenvalue weighted by atomic mass is 32.1. The van der Waals surface area contributed by atoms with Gasteiger partial charge in [0.2, 0.25) is 5.95 Å². The highest BCUT2D eigenvalue weighted by Crippen LogP contribution is 2.40. The zero-order chi connectivity index (χ0) is 23.8. The number of fused-ring (bicyclic) bond motifs is 1. The number of hydrogen-bond donors (Lipinski definition) is 4. The van der Waals surface area contributed by atoms with E-state index in [0.717, 1.165) is 4.70 Å². The number of aryl methyl sites for hydroxylation is 1. The monoisotopic (exact) mass is 483 g/mol. The van der Waals surface area contributed by atoms with Gasteiger partial charge in [0.15, 0.2) is 0 Å². The third-order valence-corrected chi connectivity index (χ3v) is 6.60. The molecule has 3 aromatic rings. The summed E-state index contributed by atoms with van der Waals surface area (Å²) in [5.41, 5.74) is 1.63. The Kier molecular flexibility index (Phi) is 6.59. The smallest absolute Gasteiger partial charge is 0.405 e. The highest BCUT2D eigenvalue weighted by Gasteiger charge is 2.34. The first-order valence-electron chi connectivity index (χ1n) is 10.4.